The highest BCUT2D eigenvalue weighted by molar-refractivity contribution is 7.92. The monoisotopic (exact) mass is 510 g/mol. The van der Waals surface area contributed by atoms with E-state index in [2.05, 4.69) is 4.72 Å². The van der Waals surface area contributed by atoms with E-state index in [9.17, 15) is 18.3 Å². The number of hydrogen-bond acceptors (Lipinski definition) is 7. The van der Waals surface area contributed by atoms with Crippen molar-refractivity contribution in [2.45, 2.75) is 49.0 Å². The van der Waals surface area contributed by atoms with Gasteiger partial charge in [0.05, 0.1) is 22.6 Å². The molecule has 8 nitrogen and oxygen atoms in total. The second kappa shape index (κ2) is 10.1. The van der Waals surface area contributed by atoms with E-state index in [1.807, 2.05) is 23.7 Å². The van der Waals surface area contributed by atoms with E-state index in [1.54, 1.807) is 24.3 Å². The number of benzene rings is 2. The van der Waals surface area contributed by atoms with E-state index < -0.39 is 28.0 Å². The molecule has 36 heavy (non-hydrogen) atoms. The molecule has 2 aliphatic carbocycles. The molecule has 1 aliphatic heterocycles. The summed E-state index contributed by atoms with van der Waals surface area (Å²) < 4.78 is 34.2. The maximum Gasteiger partial charge on any atom is 0.317 e. The van der Waals surface area contributed by atoms with Gasteiger partial charge in [-0.15, -0.1) is 0 Å². The molecule has 1 saturated carbocycles. The smallest absolute Gasteiger partial charge is 0.317 e. The number of ether oxygens (including phenoxy) is 1. The third-order valence-electron chi connectivity index (χ3n) is 7.25. The van der Waals surface area contributed by atoms with Crippen molar-refractivity contribution in [2.75, 3.05) is 10.2 Å². The Morgan fingerprint density at radius 3 is 2.53 bits per heavy atom. The molecule has 0 radical (unpaired) electrons. The minimum absolute atomic E-state index is 0.0505. The molecule has 190 valence electrons. The molecule has 4 atom stereocenters. The van der Waals surface area contributed by atoms with Crippen LogP contribution in [-0.4, -0.2) is 30.8 Å². The molecule has 0 aromatic heterocycles. The normalized spacial score (nSPS) is 25.0. The zero-order valence-electron chi connectivity index (χ0n) is 19.7. The summed E-state index contributed by atoms with van der Waals surface area (Å²) in [6.07, 6.45) is 9.27. The zero-order valence-corrected chi connectivity index (χ0v) is 20.5. The van der Waals surface area contributed by atoms with E-state index in [0.29, 0.717) is 17.1 Å². The van der Waals surface area contributed by atoms with Crippen LogP contribution in [0.3, 0.4) is 0 Å². The molecule has 4 N–H and O–H groups in total. The molecule has 4 unspecified atom stereocenters. The number of carbonyl (C=O) groups is 1. The van der Waals surface area contributed by atoms with Gasteiger partial charge in [0.1, 0.15) is 5.76 Å². The number of anilines is 2. The van der Waals surface area contributed by atoms with Crippen LogP contribution in [-0.2, 0) is 19.6 Å². The Bertz CT molecular complexity index is 1280. The lowest BCUT2D eigenvalue weighted by Gasteiger charge is -2.39. The van der Waals surface area contributed by atoms with Crippen molar-refractivity contribution in [3.8, 4) is 0 Å². The lowest BCUT2D eigenvalue weighted by Crippen LogP contribution is -2.45. The van der Waals surface area contributed by atoms with Crippen LogP contribution >= 0.6 is 0 Å². The molecule has 2 aromatic rings. The number of fused-ring (bicyclic) bond motifs is 1. The van der Waals surface area contributed by atoms with Crippen molar-refractivity contribution in [3.63, 3.8) is 0 Å². The molecule has 0 amide bonds. The zero-order chi connectivity index (χ0) is 25.3. The molecule has 2 fully saturated rings. The minimum atomic E-state index is -3.87. The molecule has 1 heterocycles. The van der Waals surface area contributed by atoms with Gasteiger partial charge in [-0.3, -0.25) is 20.2 Å². The Kier molecular flexibility index (Phi) is 6.87. The van der Waals surface area contributed by atoms with E-state index in [4.69, 9.17) is 9.94 Å². The number of carbonyl (C=O) groups excluding carboxylic acids is 1. The maximum absolute atomic E-state index is 13.2. The maximum atomic E-state index is 13.2. The van der Waals surface area contributed by atoms with Crippen LogP contribution in [0.5, 0.6) is 0 Å². The van der Waals surface area contributed by atoms with Gasteiger partial charge in [0.15, 0.2) is 0 Å². The number of nitrogens with one attached hydrogen (secondary N) is 2. The average Bonchev–Trinajstić information content (AvgIpc) is 3.68. The van der Waals surface area contributed by atoms with Crippen molar-refractivity contribution in [3.05, 3.63) is 78.1 Å². The Balaban J connectivity index is 1.42. The van der Waals surface area contributed by atoms with Crippen molar-refractivity contribution < 1.29 is 28.3 Å². The number of hydrogen-bond donors (Lipinski definition) is 4. The fourth-order valence-electron chi connectivity index (χ4n) is 5.32. The summed E-state index contributed by atoms with van der Waals surface area (Å²) in [5.41, 5.74) is 3.52. The molecular weight excluding hydrogens is 480 g/mol. The largest absolute Gasteiger partial charge is 0.430 e. The van der Waals surface area contributed by atoms with Crippen LogP contribution in [0.4, 0.5) is 11.4 Å². The molecule has 9 heteroatoms. The molecule has 3 aliphatic rings. The van der Waals surface area contributed by atoms with E-state index in [-0.39, 0.29) is 22.6 Å². The van der Waals surface area contributed by atoms with E-state index in [1.165, 1.54) is 24.3 Å². The first-order valence-electron chi connectivity index (χ1n) is 12.3. The van der Waals surface area contributed by atoms with Gasteiger partial charge in [-0.1, -0.05) is 24.3 Å². The van der Waals surface area contributed by atoms with Crippen LogP contribution in [0.2, 0.25) is 0 Å². The number of aliphatic hydroxyl groups is 1. The summed E-state index contributed by atoms with van der Waals surface area (Å²) in [7, 11) is -3.87. The van der Waals surface area contributed by atoms with Crippen LogP contribution in [0.1, 0.15) is 43.6 Å². The summed E-state index contributed by atoms with van der Waals surface area (Å²) in [6.45, 7) is 0. The van der Waals surface area contributed by atoms with Gasteiger partial charge in [-0.25, -0.2) is 8.42 Å². The van der Waals surface area contributed by atoms with Crippen LogP contribution < -0.4 is 10.2 Å². The third kappa shape index (κ3) is 5.04. The Hall–Kier alpha value is -3.14. The van der Waals surface area contributed by atoms with Crippen molar-refractivity contribution in [1.29, 1.82) is 0 Å². The minimum Gasteiger partial charge on any atom is -0.430 e. The van der Waals surface area contributed by atoms with Gasteiger partial charge < -0.3 is 9.84 Å². The van der Waals surface area contributed by atoms with Gasteiger partial charge >= 0.3 is 5.97 Å². The van der Waals surface area contributed by atoms with E-state index in [0.717, 1.165) is 37.7 Å². The van der Waals surface area contributed by atoms with Crippen LogP contribution in [0.25, 0.3) is 0 Å². The molecular formula is C27H30N2O6S. The number of allylic oxidation sites excluding steroid dienone is 3. The second-order valence-corrected chi connectivity index (χ2v) is 11.4. The van der Waals surface area contributed by atoms with Crippen molar-refractivity contribution in [1.82, 2.24) is 0 Å². The first-order valence-corrected chi connectivity index (χ1v) is 13.7. The summed E-state index contributed by atoms with van der Waals surface area (Å²) in [5.74, 6) is -0.904. The molecule has 1 saturated heterocycles. The highest BCUT2D eigenvalue weighted by Crippen LogP contribution is 2.51. The quantitative estimate of drug-likeness (QED) is 0.318. The number of sulfonamides is 1. The van der Waals surface area contributed by atoms with Gasteiger partial charge in [0.25, 0.3) is 10.0 Å². The summed E-state index contributed by atoms with van der Waals surface area (Å²) in [6, 6.07) is 12.7. The van der Waals surface area contributed by atoms with Crippen LogP contribution in [0, 0.1) is 17.8 Å². The molecule has 5 rings (SSSR count). The summed E-state index contributed by atoms with van der Waals surface area (Å²) >= 11 is 0. The standard InChI is InChI=1S/C27H30N2O6S/c30-26-22-8-3-1-2-4-9-23(22)35-27(31)25(26)24(17-10-11-17)18-6-5-7-20(16-18)29-36(33,34)21-14-12-19(28-32)13-15-21/h2,4-7,9,12-17,22,24-26,28-30,32H,1,3,8,10-11H2. The lowest BCUT2D eigenvalue weighted by atomic mass is 9.72. The Labute approximate surface area is 210 Å². The van der Waals surface area contributed by atoms with Gasteiger partial charge in [-0.2, -0.15) is 0 Å². The predicted molar refractivity (Wildman–Crippen MR) is 135 cm³/mol. The summed E-state index contributed by atoms with van der Waals surface area (Å²) in [4.78, 5) is 13.2. The molecule has 0 spiro atoms. The molecule has 0 bridgehead atoms. The average molecular weight is 511 g/mol. The van der Waals surface area contributed by atoms with Crippen molar-refractivity contribution in [2.24, 2.45) is 17.8 Å². The highest BCUT2D eigenvalue weighted by atomic mass is 32.2. The number of aliphatic hydroxyl groups excluding tert-OH is 1. The fraction of sp³-hybridized carbons (Fsp3) is 0.370. The summed E-state index contributed by atoms with van der Waals surface area (Å²) in [5, 5.41) is 20.4. The third-order valence-corrected chi connectivity index (χ3v) is 8.65. The number of rotatable bonds is 7. The predicted octanol–water partition coefficient (Wildman–Crippen LogP) is 4.56. The first kappa shape index (κ1) is 24.5. The van der Waals surface area contributed by atoms with Crippen molar-refractivity contribution >= 4 is 27.4 Å². The lowest BCUT2D eigenvalue weighted by molar-refractivity contribution is -0.160. The molecule has 2 aromatic carbocycles. The Morgan fingerprint density at radius 1 is 1.03 bits per heavy atom. The number of esters is 1. The topological polar surface area (TPSA) is 125 Å². The first-order chi connectivity index (χ1) is 17.4. The van der Waals surface area contributed by atoms with E-state index >= 15 is 0 Å². The highest BCUT2D eigenvalue weighted by Gasteiger charge is 2.50. The van der Waals surface area contributed by atoms with Gasteiger partial charge in [0.2, 0.25) is 0 Å². The Morgan fingerprint density at radius 2 is 1.81 bits per heavy atom. The SMILES string of the molecule is O=C1OC2=CC=CCCCC2C(O)C1C(c1cccc(NS(=O)(=O)c2ccc(NO)cc2)c1)C1CC1. The van der Waals surface area contributed by atoms with Gasteiger partial charge in [-0.05, 0) is 86.1 Å². The fourth-order valence-corrected chi connectivity index (χ4v) is 6.37. The van der Waals surface area contributed by atoms with Gasteiger partial charge in [0, 0.05) is 17.5 Å². The second-order valence-electron chi connectivity index (χ2n) is 9.70. The van der Waals surface area contributed by atoms with Crippen LogP contribution in [0.15, 0.2) is 77.4 Å².